The summed E-state index contributed by atoms with van der Waals surface area (Å²) in [6.07, 6.45) is 0.775. The molecule has 0 atom stereocenters. The molecule has 1 fully saturated rings. The van der Waals surface area contributed by atoms with Crippen LogP contribution in [0, 0.1) is 5.41 Å². The van der Waals surface area contributed by atoms with E-state index in [2.05, 4.69) is 26.1 Å². The average Bonchev–Trinajstić information content (AvgIpc) is 2.34. The van der Waals surface area contributed by atoms with Crippen LogP contribution in [0.15, 0.2) is 0 Å². The zero-order valence-electron chi connectivity index (χ0n) is 14.7. The minimum absolute atomic E-state index is 0.00265. The Labute approximate surface area is 133 Å². The molecular formula is C16H29N3O3. The van der Waals surface area contributed by atoms with Crippen molar-refractivity contribution in [1.82, 2.24) is 15.1 Å². The molecule has 0 radical (unpaired) electrons. The van der Waals surface area contributed by atoms with Gasteiger partial charge in [-0.2, -0.15) is 0 Å². The van der Waals surface area contributed by atoms with Crippen molar-refractivity contribution < 1.29 is 14.4 Å². The minimum Gasteiger partial charge on any atom is -0.343 e. The monoisotopic (exact) mass is 311 g/mol. The van der Waals surface area contributed by atoms with Gasteiger partial charge in [0.1, 0.15) is 0 Å². The Balaban J connectivity index is 2.56. The minimum atomic E-state index is -0.564. The van der Waals surface area contributed by atoms with Crippen molar-refractivity contribution in [3.8, 4) is 0 Å². The fourth-order valence-electron chi connectivity index (χ4n) is 3.10. The van der Waals surface area contributed by atoms with Gasteiger partial charge < -0.3 is 15.1 Å². The molecular weight excluding hydrogens is 282 g/mol. The van der Waals surface area contributed by atoms with E-state index < -0.39 is 17.4 Å². The lowest BCUT2D eigenvalue weighted by atomic mass is 9.82. The Morgan fingerprint density at radius 1 is 0.909 bits per heavy atom. The first-order chi connectivity index (χ1) is 9.91. The van der Waals surface area contributed by atoms with E-state index in [4.69, 9.17) is 0 Å². The molecule has 1 N–H and O–H groups in total. The number of carbonyl (C=O) groups is 3. The maximum atomic E-state index is 12.2. The molecule has 0 unspecified atom stereocenters. The first kappa shape index (κ1) is 18.5. The van der Waals surface area contributed by atoms with E-state index in [0.29, 0.717) is 26.2 Å². The number of hydrogen-bond donors (Lipinski definition) is 1. The molecule has 22 heavy (non-hydrogen) atoms. The largest absolute Gasteiger partial charge is 0.343 e. The first-order valence-corrected chi connectivity index (χ1v) is 7.78. The van der Waals surface area contributed by atoms with Crippen LogP contribution in [0.3, 0.4) is 0 Å². The van der Waals surface area contributed by atoms with Crippen LogP contribution in [0.2, 0.25) is 0 Å². The van der Waals surface area contributed by atoms with Crippen LogP contribution in [0.25, 0.3) is 0 Å². The lowest BCUT2D eigenvalue weighted by molar-refractivity contribution is -0.149. The highest BCUT2D eigenvalue weighted by Crippen LogP contribution is 2.26. The number of amides is 3. The Bertz CT molecular complexity index is 444. The molecule has 0 spiro atoms. The summed E-state index contributed by atoms with van der Waals surface area (Å²) >= 11 is 0. The number of nitrogens with zero attached hydrogens (tertiary/aromatic N) is 2. The SMILES string of the molecule is CC(=O)N1CCN(C(=O)C(=O)NC(C)(C)CC(C)(C)C)CC1. The molecule has 1 heterocycles. The van der Waals surface area contributed by atoms with Gasteiger partial charge in [-0.3, -0.25) is 14.4 Å². The summed E-state index contributed by atoms with van der Waals surface area (Å²) in [4.78, 5) is 38.9. The van der Waals surface area contributed by atoms with Crippen LogP contribution in [0.1, 0.15) is 48.0 Å². The number of hydrogen-bond acceptors (Lipinski definition) is 3. The molecule has 126 valence electrons. The summed E-state index contributed by atoms with van der Waals surface area (Å²) in [6, 6.07) is 0. The molecule has 0 aliphatic carbocycles. The second kappa shape index (κ2) is 6.67. The molecule has 1 saturated heterocycles. The zero-order valence-corrected chi connectivity index (χ0v) is 14.7. The van der Waals surface area contributed by atoms with Gasteiger partial charge in [0.25, 0.3) is 0 Å². The van der Waals surface area contributed by atoms with Crippen molar-refractivity contribution in [3.63, 3.8) is 0 Å². The topological polar surface area (TPSA) is 69.7 Å². The highest BCUT2D eigenvalue weighted by Gasteiger charge is 2.32. The normalized spacial score (nSPS) is 16.5. The van der Waals surface area contributed by atoms with Gasteiger partial charge in [-0.15, -0.1) is 0 Å². The van der Waals surface area contributed by atoms with Gasteiger partial charge in [0, 0.05) is 38.6 Å². The third kappa shape index (κ3) is 5.66. The van der Waals surface area contributed by atoms with Gasteiger partial charge in [0.05, 0.1) is 0 Å². The highest BCUT2D eigenvalue weighted by molar-refractivity contribution is 6.35. The first-order valence-electron chi connectivity index (χ1n) is 7.78. The maximum Gasteiger partial charge on any atom is 0.312 e. The van der Waals surface area contributed by atoms with Gasteiger partial charge in [-0.25, -0.2) is 0 Å². The van der Waals surface area contributed by atoms with Crippen LogP contribution >= 0.6 is 0 Å². The molecule has 6 nitrogen and oxygen atoms in total. The van der Waals surface area contributed by atoms with E-state index in [1.54, 1.807) is 4.90 Å². The Hall–Kier alpha value is -1.59. The van der Waals surface area contributed by atoms with Crippen molar-refractivity contribution in [3.05, 3.63) is 0 Å². The Morgan fingerprint density at radius 3 is 1.77 bits per heavy atom. The fourth-order valence-corrected chi connectivity index (χ4v) is 3.10. The quantitative estimate of drug-likeness (QED) is 0.774. The molecule has 1 rings (SSSR count). The third-order valence-electron chi connectivity index (χ3n) is 3.63. The van der Waals surface area contributed by atoms with E-state index in [0.717, 1.165) is 6.42 Å². The number of piperazine rings is 1. The summed E-state index contributed by atoms with van der Waals surface area (Å²) in [5.74, 6) is -1.07. The van der Waals surface area contributed by atoms with E-state index in [-0.39, 0.29) is 11.3 Å². The molecule has 0 aromatic rings. The summed E-state index contributed by atoms with van der Waals surface area (Å²) in [7, 11) is 0. The van der Waals surface area contributed by atoms with Crippen molar-refractivity contribution in [1.29, 1.82) is 0 Å². The number of rotatable bonds is 2. The Morgan fingerprint density at radius 2 is 1.36 bits per heavy atom. The van der Waals surface area contributed by atoms with E-state index in [9.17, 15) is 14.4 Å². The van der Waals surface area contributed by atoms with Crippen LogP contribution in [0.4, 0.5) is 0 Å². The number of carbonyl (C=O) groups excluding carboxylic acids is 3. The molecule has 0 bridgehead atoms. The molecule has 3 amide bonds. The van der Waals surface area contributed by atoms with E-state index >= 15 is 0 Å². The van der Waals surface area contributed by atoms with Gasteiger partial charge in [-0.1, -0.05) is 20.8 Å². The summed E-state index contributed by atoms with van der Waals surface area (Å²) in [5.41, 5.74) is -0.376. The fraction of sp³-hybridized carbons (Fsp3) is 0.812. The lowest BCUT2D eigenvalue weighted by Gasteiger charge is -2.36. The maximum absolute atomic E-state index is 12.2. The van der Waals surface area contributed by atoms with Crippen LogP contribution in [-0.2, 0) is 14.4 Å². The molecule has 1 aliphatic heterocycles. The second-order valence-corrected chi connectivity index (χ2v) is 7.87. The van der Waals surface area contributed by atoms with Gasteiger partial charge in [0.2, 0.25) is 5.91 Å². The summed E-state index contributed by atoms with van der Waals surface area (Å²) in [6.45, 7) is 13.5. The highest BCUT2D eigenvalue weighted by atomic mass is 16.2. The molecule has 6 heteroatoms. The molecule has 0 aromatic heterocycles. The van der Waals surface area contributed by atoms with Crippen LogP contribution in [0.5, 0.6) is 0 Å². The van der Waals surface area contributed by atoms with Crippen molar-refractivity contribution in [2.75, 3.05) is 26.2 Å². The van der Waals surface area contributed by atoms with Crippen molar-refractivity contribution in [2.24, 2.45) is 5.41 Å². The van der Waals surface area contributed by atoms with Gasteiger partial charge in [0.15, 0.2) is 0 Å². The smallest absolute Gasteiger partial charge is 0.312 e. The molecule has 1 aliphatic rings. The lowest BCUT2D eigenvalue weighted by Crippen LogP contribution is -2.56. The Kier molecular flexibility index (Phi) is 5.59. The van der Waals surface area contributed by atoms with Crippen LogP contribution in [-0.4, -0.2) is 59.2 Å². The average molecular weight is 311 g/mol. The predicted molar refractivity (Wildman–Crippen MR) is 85.1 cm³/mol. The third-order valence-corrected chi connectivity index (χ3v) is 3.63. The van der Waals surface area contributed by atoms with E-state index in [1.807, 2.05) is 13.8 Å². The molecule has 0 saturated carbocycles. The summed E-state index contributed by atoms with van der Waals surface area (Å²) < 4.78 is 0. The van der Waals surface area contributed by atoms with Gasteiger partial charge in [-0.05, 0) is 25.7 Å². The van der Waals surface area contributed by atoms with Crippen molar-refractivity contribution in [2.45, 2.75) is 53.5 Å². The standard InChI is InChI=1S/C16H29N3O3/c1-12(20)18-7-9-19(10-8-18)14(22)13(21)17-16(5,6)11-15(2,3)4/h7-11H2,1-6H3,(H,17,21). The van der Waals surface area contributed by atoms with Crippen LogP contribution < -0.4 is 5.32 Å². The predicted octanol–water partition coefficient (Wildman–Crippen LogP) is 1.01. The molecule has 0 aromatic carbocycles. The second-order valence-electron chi connectivity index (χ2n) is 7.87. The van der Waals surface area contributed by atoms with Crippen molar-refractivity contribution >= 4 is 17.7 Å². The van der Waals surface area contributed by atoms with E-state index in [1.165, 1.54) is 11.8 Å². The number of nitrogens with one attached hydrogen (secondary N) is 1. The summed E-state index contributed by atoms with van der Waals surface area (Å²) in [5, 5.41) is 2.83. The zero-order chi connectivity index (χ0) is 17.1. The van der Waals surface area contributed by atoms with Gasteiger partial charge >= 0.3 is 11.8 Å².